The summed E-state index contributed by atoms with van der Waals surface area (Å²) in [5, 5.41) is 5.59. The molecule has 2 aromatic carbocycles. The van der Waals surface area contributed by atoms with E-state index in [1.807, 2.05) is 61.5 Å². The average molecular weight is 396 g/mol. The maximum atomic E-state index is 12.5. The van der Waals surface area contributed by atoms with Crippen LogP contribution in [0.25, 0.3) is 22.2 Å². The van der Waals surface area contributed by atoms with Crippen molar-refractivity contribution in [2.45, 2.75) is 11.9 Å². The van der Waals surface area contributed by atoms with Gasteiger partial charge >= 0.3 is 6.03 Å². The number of anilines is 1. The molecule has 2 aromatic heterocycles. The fraction of sp³-hybridized carbons (Fsp3) is 0.0526. The predicted molar refractivity (Wildman–Crippen MR) is 109 cm³/mol. The van der Waals surface area contributed by atoms with E-state index in [4.69, 9.17) is 0 Å². The summed E-state index contributed by atoms with van der Waals surface area (Å²) in [6.07, 6.45) is 0. The number of carbonyl (C=O) groups is 1. The molecule has 0 aliphatic carbocycles. The van der Waals surface area contributed by atoms with Crippen molar-refractivity contribution in [3.63, 3.8) is 0 Å². The molecule has 0 aliphatic heterocycles. The number of hydrogen-bond donors (Lipinski definition) is 3. The highest BCUT2D eigenvalue weighted by atomic mass is 32.2. The Labute approximate surface area is 162 Å². The number of fused-ring (bicyclic) bond motifs is 1. The largest absolute Gasteiger partial charge is 0.346 e. The van der Waals surface area contributed by atoms with Gasteiger partial charge in [-0.2, -0.15) is 0 Å². The molecule has 6 nitrogen and oxygen atoms in total. The fourth-order valence-corrected chi connectivity index (χ4v) is 4.32. The van der Waals surface area contributed by atoms with E-state index in [1.54, 1.807) is 6.07 Å². The van der Waals surface area contributed by atoms with E-state index in [1.165, 1.54) is 11.3 Å². The van der Waals surface area contributed by atoms with Gasteiger partial charge in [0.1, 0.15) is 15.7 Å². The van der Waals surface area contributed by atoms with Crippen molar-refractivity contribution in [2.24, 2.45) is 0 Å². The van der Waals surface area contributed by atoms with Gasteiger partial charge in [-0.05, 0) is 19.1 Å². The first kappa shape index (κ1) is 17.4. The zero-order valence-corrected chi connectivity index (χ0v) is 16.0. The van der Waals surface area contributed by atoms with Crippen molar-refractivity contribution in [3.8, 4) is 11.3 Å². The number of amides is 2. The third-order valence-corrected chi connectivity index (χ3v) is 5.78. The Kier molecular flexibility index (Phi) is 4.74. The molecular formula is C19H16N4O2S2. The van der Waals surface area contributed by atoms with Crippen LogP contribution in [-0.2, 0) is 11.0 Å². The summed E-state index contributed by atoms with van der Waals surface area (Å²) in [6, 6.07) is 18.4. The van der Waals surface area contributed by atoms with Crippen LogP contribution < -0.4 is 10.0 Å². The Bertz CT molecular complexity index is 1100. The molecule has 4 rings (SSSR count). The molecule has 0 bridgehead atoms. The van der Waals surface area contributed by atoms with Gasteiger partial charge in [-0.1, -0.05) is 48.5 Å². The third-order valence-electron chi connectivity index (χ3n) is 3.90. The minimum absolute atomic E-state index is 0.440. The smallest absolute Gasteiger partial charge is 0.332 e. The number of nitrogens with one attached hydrogen (secondary N) is 3. The van der Waals surface area contributed by atoms with Crippen LogP contribution in [0.3, 0.4) is 0 Å². The van der Waals surface area contributed by atoms with E-state index in [0.29, 0.717) is 15.7 Å². The number of H-pyrrole nitrogens is 1. The highest BCUT2D eigenvalue weighted by molar-refractivity contribution is 7.83. The summed E-state index contributed by atoms with van der Waals surface area (Å²) >= 11 is 1.37. The summed E-state index contributed by atoms with van der Waals surface area (Å²) in [5.41, 5.74) is 2.48. The summed E-state index contributed by atoms with van der Waals surface area (Å²) in [6.45, 7) is 1.88. The minimum Gasteiger partial charge on any atom is -0.346 e. The van der Waals surface area contributed by atoms with Gasteiger partial charge in [0.15, 0.2) is 11.0 Å². The maximum absolute atomic E-state index is 12.5. The van der Waals surface area contributed by atoms with Crippen LogP contribution in [-0.4, -0.2) is 20.2 Å². The Morgan fingerprint density at radius 3 is 2.63 bits per heavy atom. The monoisotopic (exact) mass is 396 g/mol. The molecule has 136 valence electrons. The molecule has 1 unspecified atom stereocenters. The van der Waals surface area contributed by atoms with Gasteiger partial charge in [0, 0.05) is 16.5 Å². The molecule has 0 saturated heterocycles. The number of rotatable bonds is 4. The molecule has 1 atom stereocenters. The maximum Gasteiger partial charge on any atom is 0.332 e. The topological polar surface area (TPSA) is 86.9 Å². The zero-order valence-electron chi connectivity index (χ0n) is 14.4. The van der Waals surface area contributed by atoms with Crippen LogP contribution in [0.1, 0.15) is 5.01 Å². The Morgan fingerprint density at radius 2 is 1.85 bits per heavy atom. The molecular weight excluding hydrogens is 380 g/mol. The molecule has 0 aliphatic rings. The van der Waals surface area contributed by atoms with E-state index < -0.39 is 17.0 Å². The number of aromatic nitrogens is 2. The third kappa shape index (κ3) is 3.76. The molecule has 0 radical (unpaired) electrons. The Balaban J connectivity index is 1.50. The highest BCUT2D eigenvalue weighted by Crippen LogP contribution is 2.32. The molecule has 27 heavy (non-hydrogen) atoms. The number of aromatic amines is 1. The van der Waals surface area contributed by atoms with Crippen molar-refractivity contribution < 1.29 is 9.00 Å². The second-order valence-corrected chi connectivity index (χ2v) is 8.21. The lowest BCUT2D eigenvalue weighted by atomic mass is 10.2. The second-order valence-electron chi connectivity index (χ2n) is 5.82. The van der Waals surface area contributed by atoms with Crippen LogP contribution in [0.15, 0.2) is 65.7 Å². The molecule has 3 N–H and O–H groups in total. The van der Waals surface area contributed by atoms with Crippen molar-refractivity contribution in [2.75, 3.05) is 5.32 Å². The molecule has 0 saturated carbocycles. The van der Waals surface area contributed by atoms with E-state index in [9.17, 15) is 9.00 Å². The Hall–Kier alpha value is -2.97. The van der Waals surface area contributed by atoms with Crippen molar-refractivity contribution in [1.29, 1.82) is 0 Å². The standard InChI is InChI=1S/C19H16N4O2S2/c1-12-20-17(13-7-3-2-4-8-13)18(26-12)22-19(24)23-27(25)16-11-14-9-5-6-10-15(14)21-16/h2-11,21H,1H3,(H2,22,23,24). The molecule has 2 amide bonds. The second kappa shape index (κ2) is 7.34. The molecule has 8 heteroatoms. The van der Waals surface area contributed by atoms with E-state index in [-0.39, 0.29) is 0 Å². The van der Waals surface area contributed by atoms with Crippen molar-refractivity contribution in [3.05, 3.63) is 65.7 Å². The van der Waals surface area contributed by atoms with E-state index in [0.717, 1.165) is 21.5 Å². The van der Waals surface area contributed by atoms with Gasteiger partial charge < -0.3 is 4.98 Å². The SMILES string of the molecule is Cc1nc(-c2ccccc2)c(NC(=O)NS(=O)c2cc3ccccc3[nH]2)s1. The van der Waals surface area contributed by atoms with Crippen molar-refractivity contribution >= 4 is 44.3 Å². The van der Waals surface area contributed by atoms with Crippen LogP contribution in [0, 0.1) is 6.92 Å². The number of para-hydroxylation sites is 1. The van der Waals surface area contributed by atoms with E-state index >= 15 is 0 Å². The van der Waals surface area contributed by atoms with Gasteiger partial charge in [0.05, 0.1) is 5.01 Å². The van der Waals surface area contributed by atoms with Crippen molar-refractivity contribution in [1.82, 2.24) is 14.7 Å². The van der Waals surface area contributed by atoms with Crippen LogP contribution in [0.2, 0.25) is 0 Å². The lowest BCUT2D eigenvalue weighted by Crippen LogP contribution is -2.30. The predicted octanol–water partition coefficient (Wildman–Crippen LogP) is 4.44. The lowest BCUT2D eigenvalue weighted by molar-refractivity contribution is 0.257. The summed E-state index contributed by atoms with van der Waals surface area (Å²) in [5.74, 6) is 0. The van der Waals surface area contributed by atoms with E-state index in [2.05, 4.69) is 20.0 Å². The summed E-state index contributed by atoms with van der Waals surface area (Å²) in [4.78, 5) is 19.9. The molecule has 0 fully saturated rings. The normalized spacial score (nSPS) is 12.0. The number of aryl methyl sites for hydroxylation is 1. The average Bonchev–Trinajstić information content (AvgIpc) is 3.25. The van der Waals surface area contributed by atoms with Gasteiger partial charge in [-0.3, -0.25) is 10.0 Å². The molecule has 0 spiro atoms. The first-order valence-corrected chi connectivity index (χ1v) is 10.2. The fourth-order valence-electron chi connectivity index (χ4n) is 2.72. The van der Waals surface area contributed by atoms with Gasteiger partial charge in [-0.25, -0.2) is 14.0 Å². The minimum atomic E-state index is -1.70. The van der Waals surface area contributed by atoms with Gasteiger partial charge in [0.2, 0.25) is 0 Å². The molecule has 2 heterocycles. The first-order chi connectivity index (χ1) is 13.1. The quantitative estimate of drug-likeness (QED) is 0.476. The van der Waals surface area contributed by atoms with Crippen LogP contribution in [0.5, 0.6) is 0 Å². The van der Waals surface area contributed by atoms with Crippen LogP contribution in [0.4, 0.5) is 9.80 Å². The summed E-state index contributed by atoms with van der Waals surface area (Å²) in [7, 11) is -1.70. The number of carbonyl (C=O) groups excluding carboxylic acids is 1. The number of nitrogens with zero attached hydrogens (tertiary/aromatic N) is 1. The Morgan fingerprint density at radius 1 is 1.11 bits per heavy atom. The number of thiazole rings is 1. The lowest BCUT2D eigenvalue weighted by Gasteiger charge is -2.06. The molecule has 4 aromatic rings. The van der Waals surface area contributed by atoms with Gasteiger partial charge in [-0.15, -0.1) is 11.3 Å². The number of hydrogen-bond acceptors (Lipinski definition) is 4. The van der Waals surface area contributed by atoms with Crippen LogP contribution >= 0.6 is 11.3 Å². The first-order valence-electron chi connectivity index (χ1n) is 8.20. The van der Waals surface area contributed by atoms with Gasteiger partial charge in [0.25, 0.3) is 0 Å². The number of urea groups is 1. The zero-order chi connectivity index (χ0) is 18.8. The summed E-state index contributed by atoms with van der Waals surface area (Å²) < 4.78 is 14.9. The number of benzene rings is 2. The highest BCUT2D eigenvalue weighted by Gasteiger charge is 2.16.